The normalized spacial score (nSPS) is 12.5. The minimum Gasteiger partial charge on any atom is -0.494 e. The molecule has 1 aromatic heterocycles. The van der Waals surface area contributed by atoms with Crippen molar-refractivity contribution in [1.29, 1.82) is 0 Å². The maximum atomic E-state index is 13.3. The Balaban J connectivity index is 2.39. The summed E-state index contributed by atoms with van der Waals surface area (Å²) in [5.74, 6) is -0.161. The van der Waals surface area contributed by atoms with Crippen LogP contribution in [0.2, 0.25) is 0 Å². The number of aryl methyl sites for hydroxylation is 1. The second kappa shape index (κ2) is 5.38. The third-order valence-electron chi connectivity index (χ3n) is 2.80. The van der Waals surface area contributed by atoms with Crippen LogP contribution in [0.15, 0.2) is 28.1 Å². The van der Waals surface area contributed by atoms with Gasteiger partial charge in [-0.2, -0.15) is 0 Å². The first kappa shape index (κ1) is 13.5. The minimum absolute atomic E-state index is 0.217. The van der Waals surface area contributed by atoms with Crippen LogP contribution >= 0.6 is 27.3 Å². The van der Waals surface area contributed by atoms with Crippen molar-refractivity contribution < 1.29 is 9.13 Å². The molecule has 5 heteroatoms. The molecule has 1 heterocycles. The van der Waals surface area contributed by atoms with Crippen LogP contribution in [-0.4, -0.2) is 7.11 Å². The van der Waals surface area contributed by atoms with Gasteiger partial charge in [0.05, 0.1) is 16.9 Å². The molecule has 0 aliphatic carbocycles. The van der Waals surface area contributed by atoms with Crippen LogP contribution in [0.3, 0.4) is 0 Å². The van der Waals surface area contributed by atoms with Gasteiger partial charge in [0.25, 0.3) is 0 Å². The third-order valence-corrected chi connectivity index (χ3v) is 4.36. The van der Waals surface area contributed by atoms with Crippen molar-refractivity contribution in [3.8, 4) is 5.75 Å². The maximum Gasteiger partial charge on any atom is 0.165 e. The molecule has 0 saturated heterocycles. The lowest BCUT2D eigenvalue weighted by Crippen LogP contribution is -2.12. The Hall–Kier alpha value is -0.910. The predicted molar refractivity (Wildman–Crippen MR) is 75.7 cm³/mol. The molecule has 18 heavy (non-hydrogen) atoms. The summed E-state index contributed by atoms with van der Waals surface area (Å²) < 4.78 is 19.4. The van der Waals surface area contributed by atoms with E-state index in [1.165, 1.54) is 13.2 Å². The lowest BCUT2D eigenvalue weighted by atomic mass is 10.0. The first-order valence-electron chi connectivity index (χ1n) is 5.37. The fraction of sp³-hybridized carbons (Fsp3) is 0.231. The molecule has 0 bridgehead atoms. The molecule has 0 aliphatic heterocycles. The summed E-state index contributed by atoms with van der Waals surface area (Å²) in [6, 6.07) is 6.44. The number of methoxy groups -OCH3 is 1. The van der Waals surface area contributed by atoms with Crippen molar-refractivity contribution in [2.24, 2.45) is 5.73 Å². The molecular formula is C13H13BrFNOS. The highest BCUT2D eigenvalue weighted by Crippen LogP contribution is 2.33. The summed E-state index contributed by atoms with van der Waals surface area (Å²) >= 11 is 5.08. The van der Waals surface area contributed by atoms with E-state index in [0.717, 1.165) is 19.8 Å². The molecule has 2 nitrogen and oxygen atoms in total. The van der Waals surface area contributed by atoms with E-state index in [9.17, 15) is 4.39 Å². The molecule has 0 amide bonds. The van der Waals surface area contributed by atoms with Gasteiger partial charge in [-0.25, -0.2) is 4.39 Å². The van der Waals surface area contributed by atoms with Crippen LogP contribution in [0.5, 0.6) is 5.75 Å². The van der Waals surface area contributed by atoms with Crippen LogP contribution in [0.25, 0.3) is 0 Å². The van der Waals surface area contributed by atoms with Crippen LogP contribution < -0.4 is 10.5 Å². The van der Waals surface area contributed by atoms with Gasteiger partial charge in [-0.3, -0.25) is 0 Å². The predicted octanol–water partition coefficient (Wildman–Crippen LogP) is 4.01. The standard InChI is InChI=1S/C13H13BrFNOS/c1-7-9(6-12(14)18-7)13(16)8-3-4-10(15)11(5-8)17-2/h3-6,13H,16H2,1-2H3. The summed E-state index contributed by atoms with van der Waals surface area (Å²) in [7, 11) is 1.44. The lowest BCUT2D eigenvalue weighted by molar-refractivity contribution is 0.385. The highest BCUT2D eigenvalue weighted by Gasteiger charge is 2.16. The molecule has 0 saturated carbocycles. The number of benzene rings is 1. The van der Waals surface area contributed by atoms with E-state index in [4.69, 9.17) is 10.5 Å². The van der Waals surface area contributed by atoms with E-state index < -0.39 is 0 Å². The van der Waals surface area contributed by atoms with E-state index in [1.807, 2.05) is 13.0 Å². The Labute approximate surface area is 118 Å². The van der Waals surface area contributed by atoms with Crippen molar-refractivity contribution >= 4 is 27.3 Å². The highest BCUT2D eigenvalue weighted by molar-refractivity contribution is 9.11. The molecule has 1 aromatic carbocycles. The zero-order valence-electron chi connectivity index (χ0n) is 10.0. The number of thiophene rings is 1. The largest absolute Gasteiger partial charge is 0.494 e. The zero-order chi connectivity index (χ0) is 13.3. The lowest BCUT2D eigenvalue weighted by Gasteiger charge is -2.13. The van der Waals surface area contributed by atoms with Crippen LogP contribution in [0.4, 0.5) is 4.39 Å². The van der Waals surface area contributed by atoms with Crippen molar-refractivity contribution in [2.75, 3.05) is 7.11 Å². The zero-order valence-corrected chi connectivity index (χ0v) is 12.4. The second-order valence-corrected chi connectivity index (χ2v) is 6.57. The van der Waals surface area contributed by atoms with Crippen molar-refractivity contribution in [2.45, 2.75) is 13.0 Å². The Morgan fingerprint density at radius 1 is 1.39 bits per heavy atom. The fourth-order valence-electron chi connectivity index (χ4n) is 1.82. The first-order valence-corrected chi connectivity index (χ1v) is 6.98. The number of halogens is 2. The van der Waals surface area contributed by atoms with E-state index in [1.54, 1.807) is 23.5 Å². The molecule has 2 N–H and O–H groups in total. The maximum absolute atomic E-state index is 13.3. The van der Waals surface area contributed by atoms with Crippen LogP contribution in [0, 0.1) is 12.7 Å². The third kappa shape index (κ3) is 2.58. The first-order chi connectivity index (χ1) is 8.52. The van der Waals surface area contributed by atoms with Crippen molar-refractivity contribution in [3.05, 3.63) is 49.9 Å². The van der Waals surface area contributed by atoms with Gasteiger partial charge in [0, 0.05) is 4.88 Å². The molecular weight excluding hydrogens is 317 g/mol. The Bertz CT molecular complexity index is 570. The number of hydrogen-bond donors (Lipinski definition) is 1. The van der Waals surface area contributed by atoms with Gasteiger partial charge in [-0.1, -0.05) is 6.07 Å². The van der Waals surface area contributed by atoms with Gasteiger partial charge in [0.15, 0.2) is 11.6 Å². The van der Waals surface area contributed by atoms with Gasteiger partial charge in [-0.15, -0.1) is 11.3 Å². The quantitative estimate of drug-likeness (QED) is 0.923. The van der Waals surface area contributed by atoms with Gasteiger partial charge >= 0.3 is 0 Å². The number of rotatable bonds is 3. The molecule has 0 fully saturated rings. The number of hydrogen-bond acceptors (Lipinski definition) is 3. The number of ether oxygens (including phenoxy) is 1. The minimum atomic E-state index is -0.378. The molecule has 0 radical (unpaired) electrons. The van der Waals surface area contributed by atoms with E-state index in [-0.39, 0.29) is 17.6 Å². The van der Waals surface area contributed by atoms with E-state index in [2.05, 4.69) is 15.9 Å². The molecule has 96 valence electrons. The summed E-state index contributed by atoms with van der Waals surface area (Å²) in [6.07, 6.45) is 0. The highest BCUT2D eigenvalue weighted by atomic mass is 79.9. The summed E-state index contributed by atoms with van der Waals surface area (Å²) in [5, 5.41) is 0. The molecule has 1 atom stereocenters. The molecule has 0 spiro atoms. The Morgan fingerprint density at radius 3 is 2.67 bits per heavy atom. The van der Waals surface area contributed by atoms with Crippen LogP contribution in [0.1, 0.15) is 22.0 Å². The van der Waals surface area contributed by atoms with Crippen LogP contribution in [-0.2, 0) is 0 Å². The summed E-state index contributed by atoms with van der Waals surface area (Å²) in [4.78, 5) is 1.15. The average Bonchev–Trinajstić information content (AvgIpc) is 2.68. The fourth-order valence-corrected chi connectivity index (χ4v) is 3.57. The number of nitrogens with two attached hydrogens (primary N) is 1. The average molecular weight is 330 g/mol. The van der Waals surface area contributed by atoms with Gasteiger partial charge in [0.2, 0.25) is 0 Å². The van der Waals surface area contributed by atoms with Crippen molar-refractivity contribution in [3.63, 3.8) is 0 Å². The van der Waals surface area contributed by atoms with Gasteiger partial charge in [-0.05, 0) is 52.2 Å². The Kier molecular flexibility index (Phi) is 4.04. The molecule has 0 aliphatic rings. The van der Waals surface area contributed by atoms with Gasteiger partial charge in [0.1, 0.15) is 0 Å². The van der Waals surface area contributed by atoms with Gasteiger partial charge < -0.3 is 10.5 Å². The topological polar surface area (TPSA) is 35.2 Å². The smallest absolute Gasteiger partial charge is 0.165 e. The summed E-state index contributed by atoms with van der Waals surface area (Å²) in [5.41, 5.74) is 8.09. The molecule has 1 unspecified atom stereocenters. The second-order valence-electron chi connectivity index (χ2n) is 3.93. The monoisotopic (exact) mass is 329 g/mol. The van der Waals surface area contributed by atoms with Crippen molar-refractivity contribution in [1.82, 2.24) is 0 Å². The van der Waals surface area contributed by atoms with E-state index in [0.29, 0.717) is 0 Å². The summed E-state index contributed by atoms with van der Waals surface area (Å²) in [6.45, 7) is 2.02. The Morgan fingerprint density at radius 2 is 2.11 bits per heavy atom. The molecule has 2 rings (SSSR count). The SMILES string of the molecule is COc1cc(C(N)c2cc(Br)sc2C)ccc1F. The van der Waals surface area contributed by atoms with E-state index >= 15 is 0 Å². The molecule has 2 aromatic rings.